The number of para-hydroxylation sites is 1. The first kappa shape index (κ1) is 8.86. The maximum Gasteiger partial charge on any atom is 0.268 e. The molecule has 0 radical (unpaired) electrons. The van der Waals surface area contributed by atoms with Crippen LogP contribution in [-0.4, -0.2) is 0 Å². The fraction of sp³-hybridized carbons (Fsp3) is 0.154. The Bertz CT molecular complexity index is 652. The number of hydrogen-bond donors (Lipinski definition) is 0. The van der Waals surface area contributed by atoms with Crippen LogP contribution in [0, 0.1) is 13.8 Å². The first-order valence-corrected chi connectivity index (χ1v) is 5.93. The van der Waals surface area contributed by atoms with Gasteiger partial charge in [0.15, 0.2) is 5.69 Å². The zero-order valence-electron chi connectivity index (χ0n) is 8.82. The van der Waals surface area contributed by atoms with Gasteiger partial charge in [0, 0.05) is 24.4 Å². The molecule has 3 aromatic rings. The Hall–Kier alpha value is -1.41. The highest BCUT2D eigenvalue weighted by atomic mass is 32.1. The SMILES string of the molecule is Cc1cc2scc(C)[n+]2c2ccccc12. The van der Waals surface area contributed by atoms with Crippen LogP contribution in [0.1, 0.15) is 11.3 Å². The van der Waals surface area contributed by atoms with E-state index in [0.717, 1.165) is 0 Å². The van der Waals surface area contributed by atoms with Gasteiger partial charge in [0.2, 0.25) is 5.52 Å². The third kappa shape index (κ3) is 1.18. The van der Waals surface area contributed by atoms with Crippen LogP contribution in [0.25, 0.3) is 15.7 Å². The van der Waals surface area contributed by atoms with Crippen LogP contribution >= 0.6 is 11.3 Å². The summed E-state index contributed by atoms with van der Waals surface area (Å²) in [5.41, 5.74) is 3.98. The molecular weight excluding hydrogens is 202 g/mol. The van der Waals surface area contributed by atoms with Crippen LogP contribution in [0.5, 0.6) is 0 Å². The fourth-order valence-corrected chi connectivity index (χ4v) is 3.09. The van der Waals surface area contributed by atoms with Crippen LogP contribution in [0.15, 0.2) is 35.7 Å². The van der Waals surface area contributed by atoms with Gasteiger partial charge >= 0.3 is 0 Å². The average molecular weight is 214 g/mol. The minimum atomic E-state index is 1.31. The maximum atomic E-state index is 2.33. The molecule has 0 spiro atoms. The van der Waals surface area contributed by atoms with E-state index in [4.69, 9.17) is 0 Å². The summed E-state index contributed by atoms with van der Waals surface area (Å²) in [6.45, 7) is 4.34. The molecule has 2 heterocycles. The van der Waals surface area contributed by atoms with Gasteiger partial charge in [0.1, 0.15) is 0 Å². The minimum absolute atomic E-state index is 1.31. The summed E-state index contributed by atoms with van der Waals surface area (Å²) in [4.78, 5) is 1.32. The molecule has 0 N–H and O–H groups in total. The van der Waals surface area contributed by atoms with E-state index in [9.17, 15) is 0 Å². The van der Waals surface area contributed by atoms with Gasteiger partial charge in [-0.3, -0.25) is 0 Å². The summed E-state index contributed by atoms with van der Waals surface area (Å²) in [6, 6.07) is 10.8. The van der Waals surface area contributed by atoms with E-state index in [1.54, 1.807) is 11.3 Å². The van der Waals surface area contributed by atoms with Crippen molar-refractivity contribution in [2.45, 2.75) is 13.8 Å². The van der Waals surface area contributed by atoms with Crippen LogP contribution < -0.4 is 4.40 Å². The molecule has 0 bridgehead atoms. The van der Waals surface area contributed by atoms with Gasteiger partial charge in [-0.25, -0.2) is 0 Å². The Morgan fingerprint density at radius 1 is 1.13 bits per heavy atom. The van der Waals surface area contributed by atoms with Crippen LogP contribution in [0.2, 0.25) is 0 Å². The van der Waals surface area contributed by atoms with E-state index in [-0.39, 0.29) is 0 Å². The number of aromatic nitrogens is 1. The predicted octanol–water partition coefficient (Wildman–Crippen LogP) is 3.26. The van der Waals surface area contributed by atoms with E-state index in [2.05, 4.69) is 54.0 Å². The highest BCUT2D eigenvalue weighted by molar-refractivity contribution is 7.15. The zero-order valence-corrected chi connectivity index (χ0v) is 9.64. The number of benzene rings is 1. The van der Waals surface area contributed by atoms with Crippen molar-refractivity contribution < 1.29 is 4.40 Å². The Morgan fingerprint density at radius 2 is 1.93 bits per heavy atom. The van der Waals surface area contributed by atoms with Crippen molar-refractivity contribution in [1.29, 1.82) is 0 Å². The molecule has 0 amide bonds. The normalized spacial score (nSPS) is 11.3. The van der Waals surface area contributed by atoms with Crippen molar-refractivity contribution in [3.8, 4) is 0 Å². The number of fused-ring (bicyclic) bond motifs is 3. The topological polar surface area (TPSA) is 4.10 Å². The lowest BCUT2D eigenvalue weighted by Crippen LogP contribution is -2.23. The summed E-state index contributed by atoms with van der Waals surface area (Å²) in [6.07, 6.45) is 0. The first-order chi connectivity index (χ1) is 7.27. The number of aryl methyl sites for hydroxylation is 2. The quantitative estimate of drug-likeness (QED) is 0.506. The lowest BCUT2D eigenvalue weighted by atomic mass is 10.1. The van der Waals surface area contributed by atoms with E-state index < -0.39 is 0 Å². The third-order valence-corrected chi connectivity index (χ3v) is 3.83. The molecule has 1 aromatic carbocycles. The van der Waals surface area contributed by atoms with E-state index in [0.29, 0.717) is 0 Å². The average Bonchev–Trinajstić information content (AvgIpc) is 2.61. The van der Waals surface area contributed by atoms with Crippen LogP contribution in [0.3, 0.4) is 0 Å². The smallest absolute Gasteiger partial charge is 0.148 e. The molecule has 3 rings (SSSR count). The Kier molecular flexibility index (Phi) is 1.80. The fourth-order valence-electron chi connectivity index (χ4n) is 2.10. The second-order valence-corrected chi connectivity index (χ2v) is 4.78. The van der Waals surface area contributed by atoms with Crippen molar-refractivity contribution >= 4 is 27.1 Å². The monoisotopic (exact) mass is 214 g/mol. The molecule has 0 unspecified atom stereocenters. The summed E-state index contributed by atoms with van der Waals surface area (Å²) >= 11 is 1.81. The number of thiazole rings is 1. The second kappa shape index (κ2) is 3.04. The molecule has 2 aromatic heterocycles. The molecule has 0 saturated carbocycles. The first-order valence-electron chi connectivity index (χ1n) is 5.05. The largest absolute Gasteiger partial charge is 0.268 e. The van der Waals surface area contributed by atoms with Crippen molar-refractivity contribution in [3.63, 3.8) is 0 Å². The molecule has 0 atom stereocenters. The van der Waals surface area contributed by atoms with E-state index in [1.807, 2.05) is 0 Å². The highest BCUT2D eigenvalue weighted by Gasteiger charge is 2.15. The molecule has 15 heavy (non-hydrogen) atoms. The molecule has 1 nitrogen and oxygen atoms in total. The van der Waals surface area contributed by atoms with Gasteiger partial charge < -0.3 is 0 Å². The zero-order chi connectivity index (χ0) is 10.4. The molecule has 0 saturated heterocycles. The van der Waals surface area contributed by atoms with E-state index >= 15 is 0 Å². The highest BCUT2D eigenvalue weighted by Crippen LogP contribution is 2.20. The third-order valence-electron chi connectivity index (χ3n) is 2.83. The van der Waals surface area contributed by atoms with Gasteiger partial charge in [0.05, 0.1) is 5.38 Å². The van der Waals surface area contributed by atoms with E-state index in [1.165, 1.54) is 27.0 Å². The number of pyridine rings is 1. The Labute approximate surface area is 92.6 Å². The maximum absolute atomic E-state index is 2.33. The molecule has 0 fully saturated rings. The standard InChI is InChI=1S/C13H12NS/c1-9-7-13-14(10(2)8-15-13)12-6-4-3-5-11(9)12/h3-8H,1-2H3/q+1. The lowest BCUT2D eigenvalue weighted by molar-refractivity contribution is -0.485. The molecule has 0 aliphatic heterocycles. The Balaban J connectivity index is 2.67. The minimum Gasteiger partial charge on any atom is -0.148 e. The molecular formula is C13H12NS+. The van der Waals surface area contributed by atoms with Crippen LogP contribution in [0.4, 0.5) is 0 Å². The van der Waals surface area contributed by atoms with Crippen molar-refractivity contribution in [1.82, 2.24) is 0 Å². The van der Waals surface area contributed by atoms with Gasteiger partial charge in [-0.15, -0.1) is 4.40 Å². The summed E-state index contributed by atoms with van der Waals surface area (Å²) in [5, 5.41) is 3.55. The number of nitrogens with zero attached hydrogens (tertiary/aromatic N) is 1. The predicted molar refractivity (Wildman–Crippen MR) is 64.5 cm³/mol. The van der Waals surface area contributed by atoms with Crippen molar-refractivity contribution in [3.05, 3.63) is 47.0 Å². The molecule has 0 aliphatic rings. The molecule has 0 aliphatic carbocycles. The van der Waals surface area contributed by atoms with Gasteiger partial charge in [0.25, 0.3) is 4.83 Å². The lowest BCUT2D eigenvalue weighted by Gasteiger charge is -1.98. The Morgan fingerprint density at radius 3 is 2.80 bits per heavy atom. The number of rotatable bonds is 0. The summed E-state index contributed by atoms with van der Waals surface area (Å²) in [7, 11) is 0. The molecule has 2 heteroatoms. The van der Waals surface area contributed by atoms with Gasteiger partial charge in [-0.2, -0.15) is 0 Å². The van der Waals surface area contributed by atoms with Crippen molar-refractivity contribution in [2.75, 3.05) is 0 Å². The van der Waals surface area contributed by atoms with Gasteiger partial charge in [-0.1, -0.05) is 23.5 Å². The summed E-state index contributed by atoms with van der Waals surface area (Å²) in [5.74, 6) is 0. The van der Waals surface area contributed by atoms with Crippen molar-refractivity contribution in [2.24, 2.45) is 0 Å². The summed E-state index contributed by atoms with van der Waals surface area (Å²) < 4.78 is 2.33. The van der Waals surface area contributed by atoms with Crippen LogP contribution in [-0.2, 0) is 0 Å². The number of hydrogen-bond acceptors (Lipinski definition) is 1. The second-order valence-electron chi connectivity index (χ2n) is 3.90. The molecule has 74 valence electrons. The van der Waals surface area contributed by atoms with Gasteiger partial charge in [-0.05, 0) is 18.6 Å².